The number of hydrogen-bond donors (Lipinski definition) is 3. The zero-order valence-electron chi connectivity index (χ0n) is 16.3. The van der Waals surface area contributed by atoms with Gasteiger partial charge in [-0.1, -0.05) is 13.0 Å². The van der Waals surface area contributed by atoms with Gasteiger partial charge in [-0.15, -0.1) is 11.3 Å². The van der Waals surface area contributed by atoms with Gasteiger partial charge in [0.05, 0.1) is 0 Å². The molecular weight excluding hydrogens is 346 g/mol. The highest BCUT2D eigenvalue weighted by atomic mass is 32.1. The van der Waals surface area contributed by atoms with Crippen molar-refractivity contribution in [1.82, 2.24) is 20.9 Å². The van der Waals surface area contributed by atoms with Gasteiger partial charge >= 0.3 is 0 Å². The third kappa shape index (κ3) is 6.29. The Balaban J connectivity index is 1.94. The fourth-order valence-corrected chi connectivity index (χ4v) is 4.41. The molecule has 0 radical (unpaired) electrons. The molecule has 1 saturated heterocycles. The van der Waals surface area contributed by atoms with Crippen LogP contribution in [0.2, 0.25) is 0 Å². The van der Waals surface area contributed by atoms with Crippen LogP contribution in [0.4, 0.5) is 0 Å². The number of nitrogens with one attached hydrogen (secondary N) is 3. The average molecular weight is 380 g/mol. The highest BCUT2D eigenvalue weighted by Crippen LogP contribution is 2.36. The molecule has 26 heavy (non-hydrogen) atoms. The predicted octanol–water partition coefficient (Wildman–Crippen LogP) is 2.21. The molecule has 0 aromatic carbocycles. The van der Waals surface area contributed by atoms with E-state index in [-0.39, 0.29) is 12.5 Å². The summed E-state index contributed by atoms with van der Waals surface area (Å²) in [5.41, 5.74) is 0. The largest absolute Gasteiger partial charge is 0.357 e. The Hall–Kier alpha value is -1.60. The van der Waals surface area contributed by atoms with Crippen molar-refractivity contribution in [2.24, 2.45) is 10.9 Å². The minimum absolute atomic E-state index is 0.0297. The number of thiophene rings is 1. The van der Waals surface area contributed by atoms with Crippen LogP contribution in [-0.2, 0) is 4.79 Å². The van der Waals surface area contributed by atoms with Crippen molar-refractivity contribution in [3.8, 4) is 0 Å². The van der Waals surface area contributed by atoms with Crippen molar-refractivity contribution in [3.63, 3.8) is 0 Å². The Morgan fingerprint density at radius 2 is 2.19 bits per heavy atom. The summed E-state index contributed by atoms with van der Waals surface area (Å²) in [5.74, 6) is 1.22. The van der Waals surface area contributed by atoms with Crippen LogP contribution in [0.5, 0.6) is 0 Å². The van der Waals surface area contributed by atoms with E-state index in [9.17, 15) is 4.79 Å². The number of guanidine groups is 1. The molecule has 2 rings (SSSR count). The SMILES string of the molecule is CCCNC(=O)CN=C(NCC)NCC1CCCN(C)C1c1cccs1. The van der Waals surface area contributed by atoms with Crippen molar-refractivity contribution >= 4 is 23.2 Å². The topological polar surface area (TPSA) is 68.8 Å². The van der Waals surface area contributed by atoms with E-state index in [2.05, 4.69) is 50.4 Å². The molecule has 1 aromatic rings. The number of hydrogen-bond acceptors (Lipinski definition) is 4. The third-order valence-corrected chi connectivity index (χ3v) is 5.61. The molecule has 2 heterocycles. The first kappa shape index (κ1) is 20.7. The molecule has 0 spiro atoms. The molecule has 0 bridgehead atoms. The van der Waals surface area contributed by atoms with E-state index in [0.29, 0.717) is 18.5 Å². The molecule has 146 valence electrons. The van der Waals surface area contributed by atoms with E-state index in [1.807, 2.05) is 25.2 Å². The number of amides is 1. The lowest BCUT2D eigenvalue weighted by Gasteiger charge is -2.39. The van der Waals surface area contributed by atoms with Crippen LogP contribution in [0.25, 0.3) is 0 Å². The Kier molecular flexibility index (Phi) is 8.91. The molecule has 1 aromatic heterocycles. The van der Waals surface area contributed by atoms with Crippen LogP contribution in [-0.4, -0.2) is 56.5 Å². The first-order valence-electron chi connectivity index (χ1n) is 9.68. The Labute approximate surface area is 161 Å². The molecule has 1 amide bonds. The van der Waals surface area contributed by atoms with Gasteiger partial charge in [-0.2, -0.15) is 0 Å². The van der Waals surface area contributed by atoms with Crippen molar-refractivity contribution in [2.45, 2.75) is 39.2 Å². The molecule has 1 aliphatic heterocycles. The monoisotopic (exact) mass is 379 g/mol. The van der Waals surface area contributed by atoms with E-state index >= 15 is 0 Å². The van der Waals surface area contributed by atoms with Crippen molar-refractivity contribution < 1.29 is 4.79 Å². The smallest absolute Gasteiger partial charge is 0.241 e. The summed E-state index contributed by atoms with van der Waals surface area (Å²) in [5, 5.41) is 11.7. The van der Waals surface area contributed by atoms with Crippen molar-refractivity contribution in [3.05, 3.63) is 22.4 Å². The fraction of sp³-hybridized carbons (Fsp3) is 0.684. The van der Waals surface area contributed by atoms with E-state index in [1.165, 1.54) is 17.7 Å². The lowest BCUT2D eigenvalue weighted by atomic mass is 9.88. The van der Waals surface area contributed by atoms with Gasteiger partial charge in [0.15, 0.2) is 5.96 Å². The number of likely N-dealkylation sites (tertiary alicyclic amines) is 1. The lowest BCUT2D eigenvalue weighted by Crippen LogP contribution is -2.45. The third-order valence-electron chi connectivity index (χ3n) is 4.67. The van der Waals surface area contributed by atoms with Gasteiger partial charge in [0.25, 0.3) is 0 Å². The second-order valence-corrected chi connectivity index (χ2v) is 7.75. The van der Waals surface area contributed by atoms with Gasteiger partial charge in [0, 0.05) is 30.6 Å². The van der Waals surface area contributed by atoms with E-state index < -0.39 is 0 Å². The van der Waals surface area contributed by atoms with Crippen molar-refractivity contribution in [2.75, 3.05) is 39.8 Å². The number of aliphatic imine (C=N–C) groups is 1. The minimum atomic E-state index is -0.0297. The number of piperidine rings is 1. The molecule has 1 fully saturated rings. The molecule has 6 nitrogen and oxygen atoms in total. The van der Waals surface area contributed by atoms with Crippen LogP contribution in [0.1, 0.15) is 44.0 Å². The summed E-state index contributed by atoms with van der Waals surface area (Å²) in [6.45, 7) is 7.72. The summed E-state index contributed by atoms with van der Waals surface area (Å²) in [6.07, 6.45) is 3.36. The summed E-state index contributed by atoms with van der Waals surface area (Å²) >= 11 is 1.83. The summed E-state index contributed by atoms with van der Waals surface area (Å²) in [4.78, 5) is 20.1. The summed E-state index contributed by atoms with van der Waals surface area (Å²) < 4.78 is 0. The van der Waals surface area contributed by atoms with Gasteiger partial charge in [-0.25, -0.2) is 4.99 Å². The average Bonchev–Trinajstić information content (AvgIpc) is 3.16. The van der Waals surface area contributed by atoms with Gasteiger partial charge in [0.1, 0.15) is 6.54 Å². The van der Waals surface area contributed by atoms with Crippen LogP contribution >= 0.6 is 11.3 Å². The number of carbonyl (C=O) groups is 1. The molecular formula is C19H33N5OS. The standard InChI is InChI=1S/C19H33N5OS/c1-4-10-21-17(25)14-23-19(20-5-2)22-13-15-8-6-11-24(3)18(15)16-9-7-12-26-16/h7,9,12,15,18H,4-6,8,10-11,13-14H2,1-3H3,(H,21,25)(H2,20,22,23). The van der Waals surface area contributed by atoms with E-state index in [1.54, 1.807) is 0 Å². The molecule has 3 N–H and O–H groups in total. The van der Waals surface area contributed by atoms with E-state index in [4.69, 9.17) is 0 Å². The van der Waals surface area contributed by atoms with Gasteiger partial charge in [-0.05, 0) is 57.1 Å². The van der Waals surface area contributed by atoms with Gasteiger partial charge in [0.2, 0.25) is 5.91 Å². The zero-order chi connectivity index (χ0) is 18.8. The van der Waals surface area contributed by atoms with Crippen LogP contribution in [0, 0.1) is 5.92 Å². The molecule has 0 aliphatic carbocycles. The lowest BCUT2D eigenvalue weighted by molar-refractivity contribution is -0.119. The first-order valence-corrected chi connectivity index (χ1v) is 10.6. The molecule has 0 saturated carbocycles. The second kappa shape index (κ2) is 11.2. The van der Waals surface area contributed by atoms with Gasteiger partial charge in [-0.3, -0.25) is 9.69 Å². The predicted molar refractivity (Wildman–Crippen MR) is 110 cm³/mol. The van der Waals surface area contributed by atoms with Gasteiger partial charge < -0.3 is 16.0 Å². The molecule has 7 heteroatoms. The van der Waals surface area contributed by atoms with Crippen LogP contribution in [0.15, 0.2) is 22.5 Å². The number of carbonyl (C=O) groups excluding carboxylic acids is 1. The molecule has 1 aliphatic rings. The normalized spacial score (nSPS) is 21.4. The molecule has 2 unspecified atom stereocenters. The maximum atomic E-state index is 11.8. The maximum Gasteiger partial charge on any atom is 0.241 e. The second-order valence-electron chi connectivity index (χ2n) is 6.77. The van der Waals surface area contributed by atoms with E-state index in [0.717, 1.165) is 32.0 Å². The Morgan fingerprint density at radius 3 is 2.88 bits per heavy atom. The highest BCUT2D eigenvalue weighted by molar-refractivity contribution is 7.10. The Bertz CT molecular complexity index is 560. The Morgan fingerprint density at radius 1 is 1.35 bits per heavy atom. The summed E-state index contributed by atoms with van der Waals surface area (Å²) in [7, 11) is 2.22. The first-order chi connectivity index (χ1) is 12.7. The van der Waals surface area contributed by atoms with Crippen LogP contribution < -0.4 is 16.0 Å². The molecule has 2 atom stereocenters. The number of rotatable bonds is 8. The van der Waals surface area contributed by atoms with Crippen LogP contribution in [0.3, 0.4) is 0 Å². The van der Waals surface area contributed by atoms with Crippen molar-refractivity contribution in [1.29, 1.82) is 0 Å². The maximum absolute atomic E-state index is 11.8. The quantitative estimate of drug-likeness (QED) is 0.478. The fourth-order valence-electron chi connectivity index (χ4n) is 3.42. The highest BCUT2D eigenvalue weighted by Gasteiger charge is 2.31. The number of nitrogens with zero attached hydrogens (tertiary/aromatic N) is 2. The summed E-state index contributed by atoms with van der Waals surface area (Å²) in [6, 6.07) is 4.82. The zero-order valence-corrected chi connectivity index (χ0v) is 17.1. The minimum Gasteiger partial charge on any atom is -0.357 e.